The summed E-state index contributed by atoms with van der Waals surface area (Å²) in [5.74, 6) is 1.38. The smallest absolute Gasteiger partial charge is 0.141 e. The first-order valence-corrected chi connectivity index (χ1v) is 6.49. The van der Waals surface area contributed by atoms with Crippen molar-refractivity contribution in [2.24, 2.45) is 0 Å². The van der Waals surface area contributed by atoms with Gasteiger partial charge in [-0.05, 0) is 41.1 Å². The minimum Gasteiger partial charge on any atom is -0.496 e. The lowest BCUT2D eigenvalue weighted by Crippen LogP contribution is -1.98. The van der Waals surface area contributed by atoms with E-state index in [2.05, 4.69) is 15.9 Å². The Morgan fingerprint density at radius 3 is 2.67 bits per heavy atom. The largest absolute Gasteiger partial charge is 0.496 e. The van der Waals surface area contributed by atoms with Crippen molar-refractivity contribution in [1.29, 1.82) is 0 Å². The van der Waals surface area contributed by atoms with Gasteiger partial charge in [0.25, 0.3) is 0 Å². The van der Waals surface area contributed by atoms with Crippen LogP contribution >= 0.6 is 27.5 Å². The molecule has 96 valence electrons. The van der Waals surface area contributed by atoms with E-state index in [4.69, 9.17) is 20.8 Å². The van der Waals surface area contributed by atoms with Crippen LogP contribution in [-0.2, 0) is 0 Å². The van der Waals surface area contributed by atoms with E-state index >= 15 is 0 Å². The lowest BCUT2D eigenvalue weighted by molar-refractivity contribution is 0.403. The fourth-order valence-corrected chi connectivity index (χ4v) is 2.31. The summed E-state index contributed by atoms with van der Waals surface area (Å²) in [5, 5.41) is -0.523. The number of aryl methyl sites for hydroxylation is 1. The molecule has 0 saturated carbocycles. The van der Waals surface area contributed by atoms with Crippen molar-refractivity contribution in [1.82, 2.24) is 0 Å². The average molecular weight is 334 g/mol. The number of hydrogen-bond acceptors (Lipinski definition) is 2. The Morgan fingerprint density at radius 1 is 1.39 bits per heavy atom. The molecule has 5 heteroatoms. The number of ether oxygens (including phenoxy) is 1. The summed E-state index contributed by atoms with van der Waals surface area (Å²) in [5.41, 5.74) is 0.654. The van der Waals surface area contributed by atoms with Gasteiger partial charge in [-0.2, -0.15) is 0 Å². The van der Waals surface area contributed by atoms with Gasteiger partial charge < -0.3 is 9.15 Å². The highest BCUT2D eigenvalue weighted by atomic mass is 79.9. The first kappa shape index (κ1) is 13.4. The van der Waals surface area contributed by atoms with Gasteiger partial charge in [0.05, 0.1) is 11.6 Å². The van der Waals surface area contributed by atoms with Gasteiger partial charge in [0.2, 0.25) is 0 Å². The molecular weight excluding hydrogens is 322 g/mol. The molecule has 2 rings (SSSR count). The summed E-state index contributed by atoms with van der Waals surface area (Å²) in [6.07, 6.45) is 0. The van der Waals surface area contributed by atoms with E-state index in [-0.39, 0.29) is 0 Å². The topological polar surface area (TPSA) is 22.4 Å². The number of hydrogen-bond donors (Lipinski definition) is 0. The Hall–Kier alpha value is -1.00. The monoisotopic (exact) mass is 332 g/mol. The van der Waals surface area contributed by atoms with E-state index in [1.807, 2.05) is 13.0 Å². The van der Waals surface area contributed by atoms with Crippen LogP contribution in [0, 0.1) is 12.7 Å². The van der Waals surface area contributed by atoms with Crippen molar-refractivity contribution in [2.45, 2.75) is 12.3 Å². The third-order valence-electron chi connectivity index (χ3n) is 2.56. The zero-order valence-corrected chi connectivity index (χ0v) is 12.2. The molecule has 0 fully saturated rings. The van der Waals surface area contributed by atoms with E-state index in [0.717, 1.165) is 5.76 Å². The Morgan fingerprint density at radius 2 is 2.11 bits per heavy atom. The molecule has 0 aliphatic rings. The molecule has 1 aromatic heterocycles. The van der Waals surface area contributed by atoms with E-state index in [1.54, 1.807) is 12.1 Å². The molecule has 2 aromatic rings. The van der Waals surface area contributed by atoms with Crippen LogP contribution in [0.1, 0.15) is 22.5 Å². The minimum atomic E-state index is -0.523. The molecule has 2 nitrogen and oxygen atoms in total. The Kier molecular flexibility index (Phi) is 3.97. The van der Waals surface area contributed by atoms with E-state index in [0.29, 0.717) is 21.5 Å². The van der Waals surface area contributed by atoms with Crippen molar-refractivity contribution in [3.8, 4) is 5.75 Å². The maximum Gasteiger partial charge on any atom is 0.141 e. The molecule has 1 unspecified atom stereocenters. The van der Waals surface area contributed by atoms with Crippen LogP contribution in [-0.4, -0.2) is 7.11 Å². The second kappa shape index (κ2) is 5.33. The van der Waals surface area contributed by atoms with Crippen LogP contribution in [0.2, 0.25) is 0 Å². The molecule has 0 bridgehead atoms. The first-order chi connectivity index (χ1) is 8.52. The number of rotatable bonds is 3. The molecule has 0 saturated heterocycles. The van der Waals surface area contributed by atoms with Gasteiger partial charge in [0.15, 0.2) is 0 Å². The molecule has 1 heterocycles. The molecule has 0 amide bonds. The highest BCUT2D eigenvalue weighted by Gasteiger charge is 2.20. The second-order valence-electron chi connectivity index (χ2n) is 3.82. The summed E-state index contributed by atoms with van der Waals surface area (Å²) in [6.45, 7) is 1.84. The zero-order chi connectivity index (χ0) is 13.3. The van der Waals surface area contributed by atoms with Crippen LogP contribution in [0.5, 0.6) is 5.75 Å². The summed E-state index contributed by atoms with van der Waals surface area (Å²) in [6, 6.07) is 6.52. The molecule has 0 radical (unpaired) electrons. The fraction of sp³-hybridized carbons (Fsp3) is 0.231. The van der Waals surface area contributed by atoms with Gasteiger partial charge in [0, 0.05) is 11.6 Å². The fourth-order valence-electron chi connectivity index (χ4n) is 1.66. The van der Waals surface area contributed by atoms with Crippen LogP contribution in [0.4, 0.5) is 4.39 Å². The van der Waals surface area contributed by atoms with Crippen LogP contribution < -0.4 is 4.74 Å². The quantitative estimate of drug-likeness (QED) is 0.751. The lowest BCUT2D eigenvalue weighted by atomic mass is 10.1. The SMILES string of the molecule is COc1cc(F)c(Br)cc1C(Cl)c1ccc(C)o1. The maximum absolute atomic E-state index is 13.4. The third-order valence-corrected chi connectivity index (χ3v) is 3.61. The van der Waals surface area contributed by atoms with Gasteiger partial charge in [-0.1, -0.05) is 0 Å². The maximum atomic E-state index is 13.4. The molecule has 0 spiro atoms. The molecule has 0 aliphatic carbocycles. The Bertz CT molecular complexity index is 568. The van der Waals surface area contributed by atoms with Gasteiger partial charge in [-0.3, -0.25) is 0 Å². The van der Waals surface area contributed by atoms with Crippen LogP contribution in [0.15, 0.2) is 33.2 Å². The normalized spacial score (nSPS) is 12.5. The van der Waals surface area contributed by atoms with Crippen molar-refractivity contribution in [2.75, 3.05) is 7.11 Å². The Labute approximate surface area is 118 Å². The zero-order valence-electron chi connectivity index (χ0n) is 9.84. The first-order valence-electron chi connectivity index (χ1n) is 5.26. The summed E-state index contributed by atoms with van der Waals surface area (Å²) in [7, 11) is 1.48. The predicted molar refractivity (Wildman–Crippen MR) is 71.8 cm³/mol. The standard InChI is InChI=1S/C13H11BrClFO2/c1-7-3-4-11(18-7)13(15)8-5-9(14)10(16)6-12(8)17-2/h3-6,13H,1-2H3. The average Bonchev–Trinajstić information content (AvgIpc) is 2.78. The second-order valence-corrected chi connectivity index (χ2v) is 5.11. The highest BCUT2D eigenvalue weighted by molar-refractivity contribution is 9.10. The van der Waals surface area contributed by atoms with Crippen molar-refractivity contribution in [3.05, 3.63) is 51.6 Å². The lowest BCUT2D eigenvalue weighted by Gasteiger charge is -2.13. The van der Waals surface area contributed by atoms with Crippen molar-refractivity contribution in [3.63, 3.8) is 0 Å². The summed E-state index contributed by atoms with van der Waals surface area (Å²) < 4.78 is 24.4. The van der Waals surface area contributed by atoms with Gasteiger partial charge in [0.1, 0.15) is 28.5 Å². The molecular formula is C13H11BrClFO2. The molecule has 0 aliphatic heterocycles. The Balaban J connectivity index is 2.46. The minimum absolute atomic E-state index is 0.340. The summed E-state index contributed by atoms with van der Waals surface area (Å²) in [4.78, 5) is 0. The highest BCUT2D eigenvalue weighted by Crippen LogP contribution is 2.38. The van der Waals surface area contributed by atoms with Crippen molar-refractivity contribution >= 4 is 27.5 Å². The summed E-state index contributed by atoms with van der Waals surface area (Å²) >= 11 is 9.47. The third kappa shape index (κ3) is 2.54. The van der Waals surface area contributed by atoms with Crippen molar-refractivity contribution < 1.29 is 13.5 Å². The van der Waals surface area contributed by atoms with E-state index in [1.165, 1.54) is 13.2 Å². The van der Waals surface area contributed by atoms with Gasteiger partial charge >= 0.3 is 0 Å². The number of benzene rings is 1. The van der Waals surface area contributed by atoms with Crippen LogP contribution in [0.25, 0.3) is 0 Å². The molecule has 1 aromatic carbocycles. The molecule has 1 atom stereocenters. The van der Waals surface area contributed by atoms with E-state index < -0.39 is 11.2 Å². The van der Waals surface area contributed by atoms with Crippen LogP contribution in [0.3, 0.4) is 0 Å². The molecule has 18 heavy (non-hydrogen) atoms. The number of methoxy groups -OCH3 is 1. The van der Waals surface area contributed by atoms with Gasteiger partial charge in [-0.15, -0.1) is 11.6 Å². The van der Waals surface area contributed by atoms with E-state index in [9.17, 15) is 4.39 Å². The number of furan rings is 1. The number of halogens is 3. The predicted octanol–water partition coefficient (Wildman–Crippen LogP) is 4.83. The molecule has 0 N–H and O–H groups in total. The van der Waals surface area contributed by atoms with Gasteiger partial charge in [-0.25, -0.2) is 4.39 Å². The number of alkyl halides is 1.